The molecule has 0 aliphatic rings. The van der Waals surface area contributed by atoms with E-state index in [1.807, 2.05) is 6.92 Å². The number of sulfonamides is 1. The van der Waals surface area contributed by atoms with E-state index in [4.69, 9.17) is 29.6 Å². The standard InChI is InChI=1S/C12H11ClN2O2S3/c1-7-2-3-9(8(13)6-7)15-20(16,17)11-5-4-10(19-11)12(14)18/h2-6,15H,1H3,(H2,14,18). The maximum Gasteiger partial charge on any atom is 0.271 e. The lowest BCUT2D eigenvalue weighted by Gasteiger charge is -2.08. The van der Waals surface area contributed by atoms with E-state index in [-0.39, 0.29) is 9.20 Å². The molecule has 0 radical (unpaired) electrons. The first-order valence-corrected chi connectivity index (χ1v) is 8.57. The van der Waals surface area contributed by atoms with E-state index in [2.05, 4.69) is 4.72 Å². The lowest BCUT2D eigenvalue weighted by atomic mass is 10.2. The van der Waals surface area contributed by atoms with Crippen LogP contribution in [0.2, 0.25) is 5.02 Å². The van der Waals surface area contributed by atoms with Gasteiger partial charge >= 0.3 is 0 Å². The van der Waals surface area contributed by atoms with Crippen LogP contribution in [0, 0.1) is 6.92 Å². The molecule has 0 unspecified atom stereocenters. The molecule has 1 aromatic heterocycles. The fraction of sp³-hybridized carbons (Fsp3) is 0.0833. The first kappa shape index (κ1) is 15.2. The molecule has 20 heavy (non-hydrogen) atoms. The first-order valence-electron chi connectivity index (χ1n) is 5.48. The lowest BCUT2D eigenvalue weighted by molar-refractivity contribution is 0.603. The van der Waals surface area contributed by atoms with Crippen LogP contribution in [0.5, 0.6) is 0 Å². The fourth-order valence-electron chi connectivity index (χ4n) is 1.49. The average Bonchev–Trinajstić information content (AvgIpc) is 2.83. The van der Waals surface area contributed by atoms with Crippen molar-refractivity contribution in [3.8, 4) is 0 Å². The van der Waals surface area contributed by atoms with Gasteiger partial charge in [0.05, 0.1) is 15.6 Å². The van der Waals surface area contributed by atoms with Gasteiger partial charge in [0.1, 0.15) is 9.20 Å². The Morgan fingerprint density at radius 1 is 1.35 bits per heavy atom. The molecule has 3 N–H and O–H groups in total. The third-order valence-corrected chi connectivity index (χ3v) is 6.10. The summed E-state index contributed by atoms with van der Waals surface area (Å²) >= 11 is 11.8. The zero-order valence-corrected chi connectivity index (χ0v) is 13.6. The Kier molecular flexibility index (Phi) is 4.33. The number of halogens is 1. The molecule has 2 aromatic rings. The van der Waals surface area contributed by atoms with E-state index in [1.165, 1.54) is 6.07 Å². The molecule has 0 aliphatic carbocycles. The minimum Gasteiger partial charge on any atom is -0.389 e. The van der Waals surface area contributed by atoms with Crippen molar-refractivity contribution in [1.82, 2.24) is 0 Å². The van der Waals surface area contributed by atoms with Gasteiger partial charge in [-0.05, 0) is 36.8 Å². The molecule has 0 atom stereocenters. The number of anilines is 1. The number of hydrogen-bond acceptors (Lipinski definition) is 4. The van der Waals surface area contributed by atoms with Gasteiger partial charge in [-0.3, -0.25) is 4.72 Å². The van der Waals surface area contributed by atoms with E-state index in [0.717, 1.165) is 16.9 Å². The predicted molar refractivity (Wildman–Crippen MR) is 87.2 cm³/mol. The van der Waals surface area contributed by atoms with Crippen LogP contribution in [-0.2, 0) is 10.0 Å². The normalized spacial score (nSPS) is 11.3. The molecular formula is C12H11ClN2O2S3. The molecule has 0 bridgehead atoms. The quantitative estimate of drug-likeness (QED) is 0.834. The molecule has 0 spiro atoms. The van der Waals surface area contributed by atoms with Crippen molar-refractivity contribution in [2.24, 2.45) is 5.73 Å². The lowest BCUT2D eigenvalue weighted by Crippen LogP contribution is -2.12. The smallest absolute Gasteiger partial charge is 0.271 e. The number of thiocarbonyl (C=S) groups is 1. The summed E-state index contributed by atoms with van der Waals surface area (Å²) in [6, 6.07) is 8.13. The molecule has 2 rings (SSSR count). The summed E-state index contributed by atoms with van der Waals surface area (Å²) in [4.78, 5) is 0.722. The predicted octanol–water partition coefficient (Wildman–Crippen LogP) is 3.14. The van der Waals surface area contributed by atoms with Crippen molar-refractivity contribution in [3.63, 3.8) is 0 Å². The van der Waals surface area contributed by atoms with Crippen molar-refractivity contribution in [1.29, 1.82) is 0 Å². The molecule has 0 fully saturated rings. The molecule has 0 saturated heterocycles. The number of hydrogen-bond donors (Lipinski definition) is 2. The van der Waals surface area contributed by atoms with Crippen LogP contribution < -0.4 is 10.5 Å². The van der Waals surface area contributed by atoms with Gasteiger partial charge in [-0.15, -0.1) is 11.3 Å². The molecular weight excluding hydrogens is 336 g/mol. The molecule has 0 aliphatic heterocycles. The highest BCUT2D eigenvalue weighted by Gasteiger charge is 2.18. The summed E-state index contributed by atoms with van der Waals surface area (Å²) in [5.41, 5.74) is 6.75. The number of aryl methyl sites for hydroxylation is 1. The van der Waals surface area contributed by atoms with Crippen LogP contribution in [0.4, 0.5) is 5.69 Å². The zero-order valence-electron chi connectivity index (χ0n) is 10.4. The van der Waals surface area contributed by atoms with Crippen LogP contribution >= 0.6 is 35.2 Å². The van der Waals surface area contributed by atoms with Crippen LogP contribution in [0.1, 0.15) is 10.4 Å². The molecule has 106 valence electrons. The van der Waals surface area contributed by atoms with Crippen molar-refractivity contribution in [3.05, 3.63) is 45.8 Å². The second-order valence-corrected chi connectivity index (χ2v) is 7.91. The fourth-order valence-corrected chi connectivity index (χ4v) is 4.26. The highest BCUT2D eigenvalue weighted by molar-refractivity contribution is 7.94. The van der Waals surface area contributed by atoms with Crippen molar-refractivity contribution < 1.29 is 8.42 Å². The van der Waals surface area contributed by atoms with Gasteiger partial charge in [0, 0.05) is 0 Å². The summed E-state index contributed by atoms with van der Waals surface area (Å²) in [6.07, 6.45) is 0. The Hall–Kier alpha value is -1.15. The number of nitrogens with one attached hydrogen (secondary N) is 1. The number of nitrogens with two attached hydrogens (primary N) is 1. The van der Waals surface area contributed by atoms with Crippen molar-refractivity contribution in [2.75, 3.05) is 4.72 Å². The molecule has 1 aromatic carbocycles. The van der Waals surface area contributed by atoms with Crippen LogP contribution in [0.25, 0.3) is 0 Å². The van der Waals surface area contributed by atoms with E-state index >= 15 is 0 Å². The Morgan fingerprint density at radius 3 is 2.60 bits per heavy atom. The summed E-state index contributed by atoms with van der Waals surface area (Å²) in [5.74, 6) is 0. The van der Waals surface area contributed by atoms with Gasteiger partial charge in [0.2, 0.25) is 0 Å². The van der Waals surface area contributed by atoms with Gasteiger partial charge in [-0.1, -0.05) is 29.9 Å². The molecule has 0 saturated carbocycles. The molecule has 0 amide bonds. The summed E-state index contributed by atoms with van der Waals surface area (Å²) in [7, 11) is -3.69. The molecule has 1 heterocycles. The number of benzene rings is 1. The Balaban J connectivity index is 2.33. The maximum absolute atomic E-state index is 12.2. The SMILES string of the molecule is Cc1ccc(NS(=O)(=O)c2ccc(C(N)=S)s2)c(Cl)c1. The van der Waals surface area contributed by atoms with Gasteiger partial charge in [0.15, 0.2) is 0 Å². The van der Waals surface area contributed by atoms with E-state index in [1.54, 1.807) is 24.3 Å². The highest BCUT2D eigenvalue weighted by Crippen LogP contribution is 2.28. The first-order chi connectivity index (χ1) is 9.29. The van der Waals surface area contributed by atoms with Crippen molar-refractivity contribution in [2.45, 2.75) is 11.1 Å². The van der Waals surface area contributed by atoms with Gasteiger partial charge < -0.3 is 5.73 Å². The number of rotatable bonds is 4. The highest BCUT2D eigenvalue weighted by atomic mass is 35.5. The van der Waals surface area contributed by atoms with E-state index in [9.17, 15) is 8.42 Å². The molecule has 4 nitrogen and oxygen atoms in total. The minimum absolute atomic E-state index is 0.136. The average molecular weight is 347 g/mol. The second kappa shape index (κ2) is 5.69. The van der Waals surface area contributed by atoms with Crippen LogP contribution in [0.15, 0.2) is 34.5 Å². The van der Waals surface area contributed by atoms with Crippen molar-refractivity contribution >= 4 is 55.9 Å². The second-order valence-electron chi connectivity index (χ2n) is 4.07. The summed E-state index contributed by atoms with van der Waals surface area (Å²) in [6.45, 7) is 1.87. The van der Waals surface area contributed by atoms with Gasteiger partial charge in [-0.2, -0.15) is 0 Å². The monoisotopic (exact) mass is 346 g/mol. The largest absolute Gasteiger partial charge is 0.389 e. The Morgan fingerprint density at radius 2 is 2.05 bits per heavy atom. The molecule has 8 heteroatoms. The Bertz CT molecular complexity index is 769. The van der Waals surface area contributed by atoms with Crippen LogP contribution in [-0.4, -0.2) is 13.4 Å². The number of thiophene rings is 1. The van der Waals surface area contributed by atoms with Gasteiger partial charge in [0.25, 0.3) is 10.0 Å². The van der Waals surface area contributed by atoms with E-state index < -0.39 is 10.0 Å². The minimum atomic E-state index is -3.69. The van der Waals surface area contributed by atoms with E-state index in [0.29, 0.717) is 15.6 Å². The zero-order chi connectivity index (χ0) is 14.9. The topological polar surface area (TPSA) is 72.2 Å². The van der Waals surface area contributed by atoms with Crippen LogP contribution in [0.3, 0.4) is 0 Å². The van der Waals surface area contributed by atoms with Gasteiger partial charge in [-0.25, -0.2) is 8.42 Å². The third-order valence-electron chi connectivity index (χ3n) is 2.46. The maximum atomic E-state index is 12.2. The third kappa shape index (κ3) is 3.29. The summed E-state index contributed by atoms with van der Waals surface area (Å²) < 4.78 is 27.0. The Labute approximate surface area is 131 Å². The summed E-state index contributed by atoms with van der Waals surface area (Å²) in [5, 5.41) is 0.347.